The minimum absolute atomic E-state index is 0.111. The highest BCUT2D eigenvalue weighted by atomic mass is 19.1. The van der Waals surface area contributed by atoms with Crippen molar-refractivity contribution in [3.05, 3.63) is 59.9 Å². The third-order valence-electron chi connectivity index (χ3n) is 3.72. The zero-order valence-electron chi connectivity index (χ0n) is 12.3. The highest BCUT2D eigenvalue weighted by Crippen LogP contribution is 2.34. The van der Waals surface area contributed by atoms with Gasteiger partial charge in [-0.2, -0.15) is 0 Å². The van der Waals surface area contributed by atoms with Crippen molar-refractivity contribution in [3.63, 3.8) is 0 Å². The van der Waals surface area contributed by atoms with Crippen LogP contribution in [0.15, 0.2) is 42.7 Å². The van der Waals surface area contributed by atoms with Gasteiger partial charge < -0.3 is 5.11 Å². The number of phenols is 1. The second kappa shape index (κ2) is 5.37. The Labute approximate surface area is 127 Å². The number of halogens is 2. The number of hydrogen-bond acceptors (Lipinski definition) is 2. The first-order valence-electron chi connectivity index (χ1n) is 7.03. The average molecular weight is 299 g/mol. The molecule has 0 bridgehead atoms. The highest BCUT2D eigenvalue weighted by Gasteiger charge is 2.15. The summed E-state index contributed by atoms with van der Waals surface area (Å²) in [5.41, 5.74) is 1.23. The van der Waals surface area contributed by atoms with Gasteiger partial charge in [0, 0.05) is 23.3 Å². The molecule has 0 fully saturated rings. The molecule has 1 heterocycles. The summed E-state index contributed by atoms with van der Waals surface area (Å²) in [6.45, 7) is 3.61. The Bertz CT molecular complexity index is 836. The van der Waals surface area contributed by atoms with E-state index in [0.29, 0.717) is 21.9 Å². The van der Waals surface area contributed by atoms with Crippen LogP contribution in [0.3, 0.4) is 0 Å². The van der Waals surface area contributed by atoms with Gasteiger partial charge in [-0.3, -0.25) is 4.98 Å². The van der Waals surface area contributed by atoms with Gasteiger partial charge in [0.1, 0.15) is 17.4 Å². The van der Waals surface area contributed by atoms with E-state index in [1.807, 2.05) is 0 Å². The van der Waals surface area contributed by atoms with Crippen molar-refractivity contribution in [2.45, 2.75) is 19.8 Å². The summed E-state index contributed by atoms with van der Waals surface area (Å²) in [5.74, 6) is -1.15. The fourth-order valence-corrected chi connectivity index (χ4v) is 2.66. The molecule has 0 aliphatic rings. The van der Waals surface area contributed by atoms with Gasteiger partial charge in [-0.1, -0.05) is 13.8 Å². The Kier molecular flexibility index (Phi) is 3.53. The normalized spacial score (nSPS) is 11.3. The monoisotopic (exact) mass is 299 g/mol. The van der Waals surface area contributed by atoms with Crippen LogP contribution in [-0.2, 0) is 0 Å². The standard InChI is InChI=1S/C18H15F2NO/c1-10(2)18-16(20)7-13(8-17(18)22)12-5-11-3-4-21-9-14(11)15(19)6-12/h3-10,22H,1-2H3. The number of fused-ring (bicyclic) bond motifs is 1. The molecular formula is C18H15F2NO. The smallest absolute Gasteiger partial charge is 0.133 e. The molecule has 0 saturated carbocycles. The van der Waals surface area contributed by atoms with E-state index in [-0.39, 0.29) is 17.2 Å². The zero-order chi connectivity index (χ0) is 15.9. The van der Waals surface area contributed by atoms with Crippen LogP contribution >= 0.6 is 0 Å². The maximum Gasteiger partial charge on any atom is 0.133 e. The summed E-state index contributed by atoms with van der Waals surface area (Å²) in [5, 5.41) is 11.1. The molecule has 22 heavy (non-hydrogen) atoms. The third-order valence-corrected chi connectivity index (χ3v) is 3.72. The first-order chi connectivity index (χ1) is 10.5. The van der Waals surface area contributed by atoms with E-state index in [1.54, 1.807) is 32.2 Å². The number of aromatic nitrogens is 1. The molecule has 3 rings (SSSR count). The summed E-state index contributed by atoms with van der Waals surface area (Å²) < 4.78 is 28.3. The number of phenolic OH excluding ortho intramolecular Hbond substituents is 1. The predicted molar refractivity (Wildman–Crippen MR) is 82.8 cm³/mol. The highest BCUT2D eigenvalue weighted by molar-refractivity contribution is 5.87. The molecule has 0 atom stereocenters. The van der Waals surface area contributed by atoms with Crippen molar-refractivity contribution in [1.29, 1.82) is 0 Å². The van der Waals surface area contributed by atoms with Crippen molar-refractivity contribution in [2.75, 3.05) is 0 Å². The van der Waals surface area contributed by atoms with E-state index in [9.17, 15) is 13.9 Å². The molecular weight excluding hydrogens is 284 g/mol. The number of aromatic hydroxyl groups is 1. The molecule has 2 aromatic carbocycles. The van der Waals surface area contributed by atoms with Crippen LogP contribution in [0.2, 0.25) is 0 Å². The topological polar surface area (TPSA) is 33.1 Å². The van der Waals surface area contributed by atoms with Crippen LogP contribution in [0.5, 0.6) is 5.75 Å². The van der Waals surface area contributed by atoms with Crippen molar-refractivity contribution < 1.29 is 13.9 Å². The molecule has 1 aromatic heterocycles. The molecule has 0 spiro atoms. The minimum atomic E-state index is -0.486. The van der Waals surface area contributed by atoms with E-state index in [4.69, 9.17) is 0 Å². The van der Waals surface area contributed by atoms with Crippen LogP contribution in [0.1, 0.15) is 25.3 Å². The van der Waals surface area contributed by atoms with Crippen LogP contribution < -0.4 is 0 Å². The number of rotatable bonds is 2. The molecule has 112 valence electrons. The second-order valence-corrected chi connectivity index (χ2v) is 5.60. The molecule has 0 radical (unpaired) electrons. The lowest BCUT2D eigenvalue weighted by Gasteiger charge is -2.12. The second-order valence-electron chi connectivity index (χ2n) is 5.60. The van der Waals surface area contributed by atoms with Gasteiger partial charge >= 0.3 is 0 Å². The average Bonchev–Trinajstić information content (AvgIpc) is 2.46. The first-order valence-corrected chi connectivity index (χ1v) is 7.03. The molecule has 0 amide bonds. The van der Waals surface area contributed by atoms with Gasteiger partial charge in [0.2, 0.25) is 0 Å². The number of nitrogens with zero attached hydrogens (tertiary/aromatic N) is 1. The molecule has 4 heteroatoms. The van der Waals surface area contributed by atoms with Crippen molar-refractivity contribution in [3.8, 4) is 16.9 Å². The van der Waals surface area contributed by atoms with Crippen molar-refractivity contribution in [2.24, 2.45) is 0 Å². The molecule has 0 aliphatic heterocycles. The molecule has 0 saturated heterocycles. The van der Waals surface area contributed by atoms with Gasteiger partial charge in [-0.25, -0.2) is 8.78 Å². The fraction of sp³-hybridized carbons (Fsp3) is 0.167. The predicted octanol–water partition coefficient (Wildman–Crippen LogP) is 5.01. The van der Waals surface area contributed by atoms with Gasteiger partial charge in [0.15, 0.2) is 0 Å². The molecule has 0 aliphatic carbocycles. The lowest BCUT2D eigenvalue weighted by molar-refractivity contribution is 0.454. The molecule has 0 unspecified atom stereocenters. The Hall–Kier alpha value is -2.49. The maximum atomic E-state index is 14.2. The summed E-state index contributed by atoms with van der Waals surface area (Å²) in [6.07, 6.45) is 3.03. The summed E-state index contributed by atoms with van der Waals surface area (Å²) >= 11 is 0. The number of benzene rings is 2. The minimum Gasteiger partial charge on any atom is -0.508 e. The van der Waals surface area contributed by atoms with Gasteiger partial charge in [0.05, 0.1) is 0 Å². The lowest BCUT2D eigenvalue weighted by atomic mass is 9.95. The van der Waals surface area contributed by atoms with E-state index >= 15 is 0 Å². The summed E-state index contributed by atoms with van der Waals surface area (Å²) in [7, 11) is 0. The van der Waals surface area contributed by atoms with Crippen LogP contribution in [0.4, 0.5) is 8.78 Å². The lowest BCUT2D eigenvalue weighted by Crippen LogP contribution is -1.95. The Morgan fingerprint density at radius 2 is 1.68 bits per heavy atom. The largest absolute Gasteiger partial charge is 0.508 e. The van der Waals surface area contributed by atoms with Gasteiger partial charge in [0.25, 0.3) is 0 Å². The van der Waals surface area contributed by atoms with E-state index < -0.39 is 11.6 Å². The first kappa shape index (κ1) is 14.4. The Morgan fingerprint density at radius 1 is 1.00 bits per heavy atom. The molecule has 3 aromatic rings. The Morgan fingerprint density at radius 3 is 2.36 bits per heavy atom. The summed E-state index contributed by atoms with van der Waals surface area (Å²) in [6, 6.07) is 7.58. The Balaban J connectivity index is 2.20. The quantitative estimate of drug-likeness (QED) is 0.721. The fourth-order valence-electron chi connectivity index (χ4n) is 2.66. The SMILES string of the molecule is CC(C)c1c(O)cc(-c2cc(F)c3cnccc3c2)cc1F. The van der Waals surface area contributed by atoms with Crippen molar-refractivity contribution in [1.82, 2.24) is 4.98 Å². The molecule has 1 N–H and O–H groups in total. The number of hydrogen-bond donors (Lipinski definition) is 1. The van der Waals surface area contributed by atoms with E-state index in [0.717, 1.165) is 0 Å². The summed E-state index contributed by atoms with van der Waals surface area (Å²) in [4.78, 5) is 3.90. The molecule has 2 nitrogen and oxygen atoms in total. The number of pyridine rings is 1. The van der Waals surface area contributed by atoms with E-state index in [2.05, 4.69) is 4.98 Å². The zero-order valence-corrected chi connectivity index (χ0v) is 12.3. The van der Waals surface area contributed by atoms with Gasteiger partial charge in [-0.05, 0) is 52.8 Å². The van der Waals surface area contributed by atoms with Gasteiger partial charge in [-0.15, -0.1) is 0 Å². The van der Waals surface area contributed by atoms with Crippen LogP contribution in [0.25, 0.3) is 21.9 Å². The third kappa shape index (κ3) is 2.41. The van der Waals surface area contributed by atoms with Crippen LogP contribution in [-0.4, -0.2) is 10.1 Å². The maximum absolute atomic E-state index is 14.2. The van der Waals surface area contributed by atoms with Crippen LogP contribution in [0, 0.1) is 11.6 Å². The van der Waals surface area contributed by atoms with E-state index in [1.165, 1.54) is 24.4 Å². The van der Waals surface area contributed by atoms with Crippen molar-refractivity contribution >= 4 is 10.8 Å².